The van der Waals surface area contributed by atoms with Gasteiger partial charge in [0.1, 0.15) is 18.9 Å². The number of ether oxygens (including phenoxy) is 1. The summed E-state index contributed by atoms with van der Waals surface area (Å²) in [5.74, 6) is -0.514. The fourth-order valence-corrected chi connectivity index (χ4v) is 4.69. The molecule has 1 aromatic carbocycles. The number of benzene rings is 1. The Hall–Kier alpha value is -1.41. The summed E-state index contributed by atoms with van der Waals surface area (Å²) >= 11 is 12.0. The zero-order valence-corrected chi connectivity index (χ0v) is 16.9. The number of halogens is 3. The highest BCUT2D eigenvalue weighted by atomic mass is 35.5. The number of nitrogens with one attached hydrogen (secondary N) is 1. The van der Waals surface area contributed by atoms with Gasteiger partial charge in [0.2, 0.25) is 5.91 Å². The van der Waals surface area contributed by atoms with Crippen LogP contribution >= 0.6 is 23.2 Å². The second-order valence-electron chi connectivity index (χ2n) is 7.65. The van der Waals surface area contributed by atoms with Crippen molar-refractivity contribution in [3.63, 3.8) is 0 Å². The topological polar surface area (TPSA) is 61.9 Å². The Balaban J connectivity index is 1.62. The van der Waals surface area contributed by atoms with Crippen molar-refractivity contribution in [1.29, 1.82) is 0 Å². The Labute approximate surface area is 172 Å². The zero-order chi connectivity index (χ0) is 20.1. The highest BCUT2D eigenvalue weighted by molar-refractivity contribution is 6.30. The Morgan fingerprint density at radius 2 is 1.96 bits per heavy atom. The van der Waals surface area contributed by atoms with Crippen LogP contribution in [0.5, 0.6) is 0 Å². The molecule has 1 aromatic rings. The highest BCUT2D eigenvalue weighted by Gasteiger charge is 2.60. The lowest BCUT2D eigenvalue weighted by Gasteiger charge is -2.56. The maximum atomic E-state index is 14.6. The van der Waals surface area contributed by atoms with E-state index in [-0.39, 0.29) is 49.4 Å². The molecule has 4 atom stereocenters. The number of hydrogen-bond donors (Lipinski definition) is 1. The van der Waals surface area contributed by atoms with Crippen molar-refractivity contribution < 1.29 is 18.7 Å². The molecule has 0 saturated carbocycles. The molecule has 3 fully saturated rings. The second-order valence-corrected chi connectivity index (χ2v) is 8.70. The minimum absolute atomic E-state index is 0.105. The van der Waals surface area contributed by atoms with E-state index < -0.39 is 17.9 Å². The van der Waals surface area contributed by atoms with E-state index in [4.69, 9.17) is 27.9 Å². The molecule has 3 saturated heterocycles. The van der Waals surface area contributed by atoms with E-state index in [1.807, 2.05) is 19.1 Å². The number of carbonyl (C=O) groups excluding carboxylic acids is 2. The van der Waals surface area contributed by atoms with Gasteiger partial charge in [-0.3, -0.25) is 14.9 Å². The molecule has 3 unspecified atom stereocenters. The average molecular weight is 430 g/mol. The van der Waals surface area contributed by atoms with E-state index in [1.54, 1.807) is 17.0 Å². The molecule has 2 amide bonds. The molecule has 0 aromatic heterocycles. The Bertz CT molecular complexity index is 774. The molecule has 3 heterocycles. The lowest BCUT2D eigenvalue weighted by molar-refractivity contribution is -0.206. The molecule has 3 aliphatic rings. The van der Waals surface area contributed by atoms with Crippen molar-refractivity contribution in [3.8, 4) is 0 Å². The largest absolute Gasteiger partial charge is 0.375 e. The zero-order valence-electron chi connectivity index (χ0n) is 15.4. The van der Waals surface area contributed by atoms with E-state index in [2.05, 4.69) is 5.32 Å². The molecule has 28 heavy (non-hydrogen) atoms. The first-order valence-corrected chi connectivity index (χ1v) is 10.1. The second kappa shape index (κ2) is 7.44. The van der Waals surface area contributed by atoms with Gasteiger partial charge >= 0.3 is 0 Å². The number of rotatable bonds is 3. The predicted molar refractivity (Wildman–Crippen MR) is 103 cm³/mol. The number of piperazine rings is 1. The molecule has 152 valence electrons. The standard InChI is InChI=1S/C19H22Cl2FN3O3/c1-11(12-2-4-13(20)5-3-12)25-16(26)8-24(18(27)19(25)9-28-10-19)17-15(22)6-14(21)7-23-17/h2-5,11,14-15,17,23H,6-10H2,1H3/t11-,14?,15?,17?/m0/s1. The quantitative estimate of drug-likeness (QED) is 0.747. The maximum absolute atomic E-state index is 14.6. The lowest BCUT2D eigenvalue weighted by atomic mass is 9.86. The number of amides is 2. The van der Waals surface area contributed by atoms with Crippen LogP contribution in [-0.2, 0) is 14.3 Å². The van der Waals surface area contributed by atoms with E-state index in [1.165, 1.54) is 4.90 Å². The van der Waals surface area contributed by atoms with Crippen molar-refractivity contribution in [2.75, 3.05) is 26.3 Å². The van der Waals surface area contributed by atoms with Crippen LogP contribution in [0, 0.1) is 0 Å². The molecular formula is C19H22Cl2FN3O3. The minimum atomic E-state index is -1.33. The van der Waals surface area contributed by atoms with E-state index in [0.717, 1.165) is 5.56 Å². The summed E-state index contributed by atoms with van der Waals surface area (Å²) in [6, 6.07) is 6.84. The summed E-state index contributed by atoms with van der Waals surface area (Å²) < 4.78 is 20.0. The molecule has 9 heteroatoms. The van der Waals surface area contributed by atoms with Gasteiger partial charge in [0.15, 0.2) is 5.54 Å². The van der Waals surface area contributed by atoms with Crippen LogP contribution in [0.15, 0.2) is 24.3 Å². The summed E-state index contributed by atoms with van der Waals surface area (Å²) in [6.45, 7) is 2.29. The first kappa shape index (κ1) is 19.9. The number of alkyl halides is 2. The van der Waals surface area contributed by atoms with Crippen LogP contribution in [0.4, 0.5) is 4.39 Å². The van der Waals surface area contributed by atoms with Crippen molar-refractivity contribution >= 4 is 35.0 Å². The average Bonchev–Trinajstić information content (AvgIpc) is 2.62. The molecule has 0 radical (unpaired) electrons. The van der Waals surface area contributed by atoms with Crippen LogP contribution < -0.4 is 5.32 Å². The Kier molecular flexibility index (Phi) is 5.29. The third kappa shape index (κ3) is 3.18. The molecule has 1 N–H and O–H groups in total. The molecular weight excluding hydrogens is 408 g/mol. The van der Waals surface area contributed by atoms with Crippen molar-refractivity contribution in [1.82, 2.24) is 15.1 Å². The van der Waals surface area contributed by atoms with Gasteiger partial charge in [0.05, 0.1) is 19.3 Å². The molecule has 6 nitrogen and oxygen atoms in total. The van der Waals surface area contributed by atoms with Crippen LogP contribution in [0.1, 0.15) is 24.9 Å². The van der Waals surface area contributed by atoms with E-state index in [9.17, 15) is 14.0 Å². The van der Waals surface area contributed by atoms with Crippen molar-refractivity contribution in [3.05, 3.63) is 34.9 Å². The van der Waals surface area contributed by atoms with Gasteiger partial charge < -0.3 is 14.5 Å². The number of carbonyl (C=O) groups is 2. The van der Waals surface area contributed by atoms with Gasteiger partial charge in [0.25, 0.3) is 5.91 Å². The maximum Gasteiger partial charge on any atom is 0.255 e. The van der Waals surface area contributed by atoms with Crippen molar-refractivity contribution in [2.45, 2.75) is 42.6 Å². The van der Waals surface area contributed by atoms with E-state index in [0.29, 0.717) is 11.6 Å². The summed E-state index contributed by atoms with van der Waals surface area (Å²) in [4.78, 5) is 29.4. The first-order chi connectivity index (χ1) is 13.3. The molecule has 0 bridgehead atoms. The highest BCUT2D eigenvalue weighted by Crippen LogP contribution is 2.39. The number of hydrogen-bond acceptors (Lipinski definition) is 4. The third-order valence-corrected chi connectivity index (χ3v) is 6.41. The first-order valence-electron chi connectivity index (χ1n) is 9.31. The summed E-state index contributed by atoms with van der Waals surface area (Å²) in [5, 5.41) is 3.25. The Morgan fingerprint density at radius 3 is 2.54 bits per heavy atom. The van der Waals surface area contributed by atoms with Gasteiger partial charge in [0, 0.05) is 16.9 Å². The predicted octanol–water partition coefficient (Wildman–Crippen LogP) is 2.11. The van der Waals surface area contributed by atoms with Gasteiger partial charge in [-0.15, -0.1) is 11.6 Å². The monoisotopic (exact) mass is 429 g/mol. The van der Waals surface area contributed by atoms with Crippen LogP contribution in [0.2, 0.25) is 5.02 Å². The summed E-state index contributed by atoms with van der Waals surface area (Å²) in [6.07, 6.45) is -2.03. The van der Waals surface area contributed by atoms with Crippen LogP contribution in [-0.4, -0.2) is 71.2 Å². The SMILES string of the molecule is C[C@@H](c1ccc(Cl)cc1)N1C(=O)CN(C2NCC(Cl)CC2F)C(=O)C12COC2. The minimum Gasteiger partial charge on any atom is -0.375 e. The number of piperidine rings is 1. The van der Waals surface area contributed by atoms with E-state index >= 15 is 0 Å². The molecule has 4 rings (SSSR count). The van der Waals surface area contributed by atoms with Crippen molar-refractivity contribution in [2.24, 2.45) is 0 Å². The van der Waals surface area contributed by atoms with Crippen LogP contribution in [0.3, 0.4) is 0 Å². The molecule has 1 spiro atoms. The van der Waals surface area contributed by atoms with Gasteiger partial charge in [-0.25, -0.2) is 4.39 Å². The third-order valence-electron chi connectivity index (χ3n) is 5.82. The summed E-state index contributed by atoms with van der Waals surface area (Å²) in [5.41, 5.74) is -0.234. The normalized spacial score (nSPS) is 31.1. The van der Waals surface area contributed by atoms with Gasteiger partial charge in [-0.05, 0) is 31.0 Å². The van der Waals surface area contributed by atoms with Gasteiger partial charge in [-0.1, -0.05) is 23.7 Å². The smallest absolute Gasteiger partial charge is 0.255 e. The van der Waals surface area contributed by atoms with Crippen LogP contribution in [0.25, 0.3) is 0 Å². The number of nitrogens with zero attached hydrogens (tertiary/aromatic N) is 2. The fraction of sp³-hybridized carbons (Fsp3) is 0.579. The lowest BCUT2D eigenvalue weighted by Crippen LogP contribution is -2.79. The Morgan fingerprint density at radius 1 is 1.29 bits per heavy atom. The molecule has 3 aliphatic heterocycles. The molecule has 0 aliphatic carbocycles. The fourth-order valence-electron chi connectivity index (χ4n) is 4.30. The van der Waals surface area contributed by atoms with Gasteiger partial charge in [-0.2, -0.15) is 0 Å². The summed E-state index contributed by atoms with van der Waals surface area (Å²) in [7, 11) is 0.